The molecule has 4 atom stereocenters. The average Bonchev–Trinajstić information content (AvgIpc) is 3.04. The summed E-state index contributed by atoms with van der Waals surface area (Å²) in [6.45, 7) is 6.69. The molecule has 5 heteroatoms. The minimum atomic E-state index is 0.653. The quantitative estimate of drug-likeness (QED) is 0.709. The van der Waals surface area contributed by atoms with Crippen LogP contribution in [0.25, 0.3) is 0 Å². The first-order valence-electron chi connectivity index (χ1n) is 8.15. The van der Waals surface area contributed by atoms with Crippen LogP contribution in [-0.2, 0) is 6.54 Å². The Hall–Kier alpha value is -1.07. The maximum atomic E-state index is 5.35. The molecule has 4 rings (SSSR count). The maximum absolute atomic E-state index is 5.35. The zero-order valence-corrected chi connectivity index (χ0v) is 13.5. The van der Waals surface area contributed by atoms with E-state index in [1.165, 1.54) is 32.4 Å². The Morgan fingerprint density at radius 1 is 1.48 bits per heavy atom. The van der Waals surface area contributed by atoms with Gasteiger partial charge in [0.25, 0.3) is 0 Å². The molecule has 3 fully saturated rings. The van der Waals surface area contributed by atoms with Crippen molar-refractivity contribution in [1.82, 2.24) is 10.6 Å². The van der Waals surface area contributed by atoms with Gasteiger partial charge in [0.15, 0.2) is 5.11 Å². The fourth-order valence-electron chi connectivity index (χ4n) is 3.99. The number of nitrogens with one attached hydrogen (secondary N) is 3. The number of thiocarbonyl (C=S) groups is 1. The summed E-state index contributed by atoms with van der Waals surface area (Å²) in [5.41, 5.74) is 0. The summed E-state index contributed by atoms with van der Waals surface area (Å²) < 4.78 is 5.29. The highest BCUT2D eigenvalue weighted by Crippen LogP contribution is 2.28. The van der Waals surface area contributed by atoms with Crippen LogP contribution in [0.2, 0.25) is 0 Å². The molecule has 4 nitrogen and oxygen atoms in total. The number of quaternary nitrogens is 1. The van der Waals surface area contributed by atoms with Gasteiger partial charge >= 0.3 is 0 Å². The first-order valence-corrected chi connectivity index (χ1v) is 8.55. The first kappa shape index (κ1) is 14.9. The summed E-state index contributed by atoms with van der Waals surface area (Å²) in [5, 5.41) is 7.33. The Morgan fingerprint density at radius 3 is 3.05 bits per heavy atom. The third kappa shape index (κ3) is 3.58. The van der Waals surface area contributed by atoms with E-state index in [4.69, 9.17) is 16.6 Å². The summed E-state index contributed by atoms with van der Waals surface area (Å²) in [4.78, 5) is 1.78. The molecule has 0 amide bonds. The predicted octanol–water partition coefficient (Wildman–Crippen LogP) is 0.947. The van der Waals surface area contributed by atoms with Crippen molar-refractivity contribution in [2.45, 2.75) is 38.8 Å². The van der Waals surface area contributed by atoms with E-state index < -0.39 is 0 Å². The Kier molecular flexibility index (Phi) is 4.80. The highest BCUT2D eigenvalue weighted by Gasteiger charge is 2.42. The van der Waals surface area contributed by atoms with Gasteiger partial charge in [-0.2, -0.15) is 0 Å². The van der Waals surface area contributed by atoms with Gasteiger partial charge in [0.1, 0.15) is 11.8 Å². The summed E-state index contributed by atoms with van der Waals surface area (Å²) >= 11 is 5.35. The van der Waals surface area contributed by atoms with Crippen LogP contribution in [0.15, 0.2) is 22.8 Å². The lowest BCUT2D eigenvalue weighted by Crippen LogP contribution is -3.20. The third-order valence-corrected chi connectivity index (χ3v) is 5.52. The molecule has 3 aliphatic rings. The number of furan rings is 1. The lowest BCUT2D eigenvalue weighted by molar-refractivity contribution is -0.945. The average molecular weight is 308 g/mol. The normalized spacial score (nSPS) is 31.1. The van der Waals surface area contributed by atoms with Crippen LogP contribution in [0.1, 0.15) is 31.9 Å². The molecule has 0 spiro atoms. The van der Waals surface area contributed by atoms with Gasteiger partial charge in [0, 0.05) is 18.8 Å². The van der Waals surface area contributed by atoms with Gasteiger partial charge < -0.3 is 20.0 Å². The monoisotopic (exact) mass is 308 g/mol. The molecule has 1 aromatic rings. The van der Waals surface area contributed by atoms with E-state index in [9.17, 15) is 0 Å². The zero-order chi connectivity index (χ0) is 14.7. The molecule has 0 aromatic carbocycles. The lowest BCUT2D eigenvalue weighted by Gasteiger charge is -2.46. The van der Waals surface area contributed by atoms with Gasteiger partial charge in [-0.15, -0.1) is 0 Å². The van der Waals surface area contributed by atoms with Gasteiger partial charge in [-0.3, -0.25) is 0 Å². The second kappa shape index (κ2) is 6.79. The second-order valence-corrected chi connectivity index (χ2v) is 6.81. The van der Waals surface area contributed by atoms with Crippen molar-refractivity contribution in [3.63, 3.8) is 0 Å². The molecule has 1 unspecified atom stereocenters. The van der Waals surface area contributed by atoms with Gasteiger partial charge in [0.05, 0.1) is 32.4 Å². The first-order chi connectivity index (χ1) is 10.3. The standard InChI is InChI=1S/C16H25N3OS/c1-2-12-11-19-6-5-13(12)8-14(19)9-17-16(21)18-10-15-4-3-7-20-15/h3-4,7,12-14H,2,5-6,8-11H2,1H3,(H2,17,18,21)/p+1/t12-,13-,14+/m0/s1. The van der Waals surface area contributed by atoms with E-state index in [1.807, 2.05) is 12.1 Å². The zero-order valence-electron chi connectivity index (χ0n) is 12.7. The molecule has 0 radical (unpaired) electrons. The Morgan fingerprint density at radius 2 is 2.38 bits per heavy atom. The van der Waals surface area contributed by atoms with E-state index in [0.29, 0.717) is 6.54 Å². The van der Waals surface area contributed by atoms with Gasteiger partial charge in [0.2, 0.25) is 0 Å². The molecule has 3 saturated heterocycles. The van der Waals surface area contributed by atoms with E-state index in [0.717, 1.165) is 35.3 Å². The van der Waals surface area contributed by atoms with Crippen LogP contribution >= 0.6 is 12.2 Å². The van der Waals surface area contributed by atoms with Gasteiger partial charge in [-0.05, 0) is 36.7 Å². The van der Waals surface area contributed by atoms with Crippen molar-refractivity contribution >= 4 is 17.3 Å². The molecule has 116 valence electrons. The molecule has 0 saturated carbocycles. The molecule has 3 aliphatic heterocycles. The van der Waals surface area contributed by atoms with Gasteiger partial charge in [-0.25, -0.2) is 0 Å². The minimum absolute atomic E-state index is 0.653. The number of rotatable bonds is 5. The third-order valence-electron chi connectivity index (χ3n) is 5.23. The fraction of sp³-hybridized carbons (Fsp3) is 0.688. The van der Waals surface area contributed by atoms with Crippen molar-refractivity contribution in [2.75, 3.05) is 19.6 Å². The lowest BCUT2D eigenvalue weighted by atomic mass is 9.74. The summed E-state index contributed by atoms with van der Waals surface area (Å²) in [5.74, 6) is 2.81. The van der Waals surface area contributed by atoms with Crippen molar-refractivity contribution in [2.24, 2.45) is 11.8 Å². The van der Waals surface area contributed by atoms with Crippen molar-refractivity contribution in [3.8, 4) is 0 Å². The summed E-state index contributed by atoms with van der Waals surface area (Å²) in [6, 6.07) is 4.58. The smallest absolute Gasteiger partial charge is 0.166 e. The second-order valence-electron chi connectivity index (χ2n) is 6.41. The molecule has 4 heterocycles. The highest BCUT2D eigenvalue weighted by atomic mass is 32.1. The Labute approximate surface area is 132 Å². The molecule has 3 N–H and O–H groups in total. The maximum Gasteiger partial charge on any atom is 0.166 e. The van der Waals surface area contributed by atoms with Crippen molar-refractivity contribution in [3.05, 3.63) is 24.2 Å². The Bertz CT molecular complexity index is 462. The van der Waals surface area contributed by atoms with E-state index >= 15 is 0 Å². The molecular formula is C16H26N3OS+. The fourth-order valence-corrected chi connectivity index (χ4v) is 4.15. The highest BCUT2D eigenvalue weighted by molar-refractivity contribution is 7.80. The Balaban J connectivity index is 1.40. The number of hydrogen-bond acceptors (Lipinski definition) is 2. The predicted molar refractivity (Wildman–Crippen MR) is 87.1 cm³/mol. The van der Waals surface area contributed by atoms with Crippen molar-refractivity contribution in [1.29, 1.82) is 0 Å². The molecule has 0 aliphatic carbocycles. The van der Waals surface area contributed by atoms with E-state index in [1.54, 1.807) is 11.2 Å². The van der Waals surface area contributed by atoms with Crippen LogP contribution < -0.4 is 15.5 Å². The van der Waals surface area contributed by atoms with Gasteiger partial charge in [-0.1, -0.05) is 6.92 Å². The van der Waals surface area contributed by atoms with Crippen LogP contribution in [-0.4, -0.2) is 30.8 Å². The molecular weight excluding hydrogens is 282 g/mol. The number of piperidine rings is 3. The van der Waals surface area contributed by atoms with E-state index in [-0.39, 0.29) is 0 Å². The number of fused-ring (bicyclic) bond motifs is 3. The minimum Gasteiger partial charge on any atom is -0.467 e. The molecule has 21 heavy (non-hydrogen) atoms. The summed E-state index contributed by atoms with van der Waals surface area (Å²) in [6.07, 6.45) is 5.82. The van der Waals surface area contributed by atoms with Crippen LogP contribution in [0.5, 0.6) is 0 Å². The SMILES string of the molecule is CC[C@H]1C[NH+]2CC[C@H]1C[C@@H]2CNC(=S)NCc1ccco1. The topological polar surface area (TPSA) is 41.6 Å². The molecule has 2 bridgehead atoms. The summed E-state index contributed by atoms with van der Waals surface area (Å²) in [7, 11) is 0. The van der Waals surface area contributed by atoms with Crippen LogP contribution in [0, 0.1) is 11.8 Å². The number of hydrogen-bond donors (Lipinski definition) is 3. The van der Waals surface area contributed by atoms with E-state index in [2.05, 4.69) is 17.6 Å². The van der Waals surface area contributed by atoms with Crippen LogP contribution in [0.4, 0.5) is 0 Å². The largest absolute Gasteiger partial charge is 0.467 e. The van der Waals surface area contributed by atoms with Crippen LogP contribution in [0.3, 0.4) is 0 Å². The van der Waals surface area contributed by atoms with Crippen molar-refractivity contribution < 1.29 is 9.32 Å². The molecule has 1 aromatic heterocycles.